The summed E-state index contributed by atoms with van der Waals surface area (Å²) >= 11 is 0. The zero-order valence-electron chi connectivity index (χ0n) is 10.0. The third-order valence-electron chi connectivity index (χ3n) is 3.38. The number of carbonyl (C=O) groups is 1. The van der Waals surface area contributed by atoms with Crippen molar-refractivity contribution in [3.05, 3.63) is 0 Å². The van der Waals surface area contributed by atoms with Crippen LogP contribution in [0.2, 0.25) is 0 Å². The zero-order chi connectivity index (χ0) is 14.0. The van der Waals surface area contributed by atoms with Gasteiger partial charge >= 0.3 is 12.1 Å². The zero-order valence-corrected chi connectivity index (χ0v) is 10.0. The Hall–Kier alpha value is -0.880. The van der Waals surface area contributed by atoms with E-state index in [1.807, 2.05) is 0 Å². The van der Waals surface area contributed by atoms with Gasteiger partial charge in [-0.1, -0.05) is 26.2 Å². The Bertz CT molecular complexity index is 307. The summed E-state index contributed by atoms with van der Waals surface area (Å²) in [5.74, 6) is -7.58. The largest absolute Gasteiger partial charge is 0.463 e. The molecule has 18 heavy (non-hydrogen) atoms. The molecule has 1 saturated carbocycles. The maximum absolute atomic E-state index is 12.7. The molecule has 1 aliphatic carbocycles. The highest BCUT2D eigenvalue weighted by Gasteiger charge is 2.63. The molecule has 106 valence electrons. The molecule has 0 unspecified atom stereocenters. The normalized spacial score (nSPS) is 20.6. The van der Waals surface area contributed by atoms with Gasteiger partial charge in [-0.15, -0.1) is 0 Å². The molecule has 0 aliphatic heterocycles. The van der Waals surface area contributed by atoms with Crippen LogP contribution < -0.4 is 5.32 Å². The van der Waals surface area contributed by atoms with Gasteiger partial charge in [-0.2, -0.15) is 22.0 Å². The van der Waals surface area contributed by atoms with E-state index in [4.69, 9.17) is 0 Å². The summed E-state index contributed by atoms with van der Waals surface area (Å²) in [6.07, 6.45) is -1.55. The smallest absolute Gasteiger partial charge is 0.350 e. The van der Waals surface area contributed by atoms with E-state index in [2.05, 4.69) is 0 Å². The molecule has 0 atom stereocenters. The van der Waals surface area contributed by atoms with Crippen molar-refractivity contribution in [1.29, 1.82) is 0 Å². The van der Waals surface area contributed by atoms with Crippen LogP contribution in [0.3, 0.4) is 0 Å². The third-order valence-corrected chi connectivity index (χ3v) is 3.38. The lowest BCUT2D eigenvalue weighted by atomic mass is 9.76. The fraction of sp³-hybridized carbons (Fsp3) is 0.909. The Kier molecular flexibility index (Phi) is 4.23. The number of alkyl halides is 5. The van der Waals surface area contributed by atoms with E-state index in [0.29, 0.717) is 0 Å². The lowest BCUT2D eigenvalue weighted by Crippen LogP contribution is -2.52. The van der Waals surface area contributed by atoms with Crippen LogP contribution in [0.4, 0.5) is 22.0 Å². The minimum atomic E-state index is -5.84. The van der Waals surface area contributed by atoms with Crippen molar-refractivity contribution in [2.75, 3.05) is 6.54 Å². The van der Waals surface area contributed by atoms with Crippen LogP contribution in [0.1, 0.15) is 39.0 Å². The Labute approximate surface area is 102 Å². The monoisotopic (exact) mass is 273 g/mol. The molecule has 7 heteroatoms. The molecule has 0 spiro atoms. The molecule has 1 N–H and O–H groups in total. The number of halogens is 5. The fourth-order valence-electron chi connectivity index (χ4n) is 2.12. The SMILES string of the molecule is CC1(CNC(=O)C(F)(F)C(F)(F)F)CCCCC1. The van der Waals surface area contributed by atoms with Crippen LogP contribution in [0.5, 0.6) is 0 Å². The van der Waals surface area contributed by atoms with Gasteiger partial charge in [0, 0.05) is 6.54 Å². The highest BCUT2D eigenvalue weighted by Crippen LogP contribution is 2.37. The van der Waals surface area contributed by atoms with E-state index in [1.54, 1.807) is 12.2 Å². The lowest BCUT2D eigenvalue weighted by Gasteiger charge is -2.34. The molecule has 0 aromatic rings. The van der Waals surface area contributed by atoms with E-state index in [1.165, 1.54) is 0 Å². The van der Waals surface area contributed by atoms with E-state index in [-0.39, 0.29) is 12.0 Å². The second kappa shape index (κ2) is 5.01. The topological polar surface area (TPSA) is 29.1 Å². The van der Waals surface area contributed by atoms with Crippen LogP contribution in [0.25, 0.3) is 0 Å². The Balaban J connectivity index is 2.55. The summed E-state index contributed by atoms with van der Waals surface area (Å²) in [5, 5.41) is 1.73. The van der Waals surface area contributed by atoms with Gasteiger partial charge < -0.3 is 5.32 Å². The van der Waals surface area contributed by atoms with Crippen LogP contribution in [0.15, 0.2) is 0 Å². The van der Waals surface area contributed by atoms with Gasteiger partial charge in [-0.05, 0) is 18.3 Å². The lowest BCUT2D eigenvalue weighted by molar-refractivity contribution is -0.269. The number of carbonyl (C=O) groups excluding carboxylic acids is 1. The first-order chi connectivity index (χ1) is 8.08. The summed E-state index contributed by atoms with van der Waals surface area (Å²) in [6.45, 7) is 1.65. The van der Waals surface area contributed by atoms with Crippen molar-refractivity contribution in [1.82, 2.24) is 5.32 Å². The second-order valence-corrected chi connectivity index (χ2v) is 5.13. The van der Waals surface area contributed by atoms with Crippen molar-refractivity contribution in [2.24, 2.45) is 5.41 Å². The molecule has 0 bridgehead atoms. The highest BCUT2D eigenvalue weighted by atomic mass is 19.4. The van der Waals surface area contributed by atoms with Gasteiger partial charge in [-0.3, -0.25) is 4.79 Å². The fourth-order valence-corrected chi connectivity index (χ4v) is 2.12. The average molecular weight is 273 g/mol. The summed E-state index contributed by atoms with van der Waals surface area (Å²) < 4.78 is 61.1. The van der Waals surface area contributed by atoms with Crippen molar-refractivity contribution in [2.45, 2.75) is 51.1 Å². The Morgan fingerprint density at radius 3 is 2.06 bits per heavy atom. The number of rotatable bonds is 3. The minimum absolute atomic E-state index is 0.141. The first kappa shape index (κ1) is 15.2. The maximum Gasteiger partial charge on any atom is 0.463 e. The van der Waals surface area contributed by atoms with Gasteiger partial charge in [0.2, 0.25) is 0 Å². The minimum Gasteiger partial charge on any atom is -0.350 e. The molecular formula is C11H16F5NO. The number of nitrogens with one attached hydrogen (secondary N) is 1. The Morgan fingerprint density at radius 1 is 1.11 bits per heavy atom. The standard InChI is InChI=1S/C11H16F5NO/c1-9(5-3-2-4-6-9)7-17-8(18)10(12,13)11(14,15)16/h2-7H2,1H3,(H,17,18). The molecular weight excluding hydrogens is 257 g/mol. The van der Waals surface area contributed by atoms with Gasteiger partial charge in [-0.25, -0.2) is 0 Å². The first-order valence-corrected chi connectivity index (χ1v) is 5.81. The van der Waals surface area contributed by atoms with Gasteiger partial charge in [0.1, 0.15) is 0 Å². The molecule has 1 amide bonds. The molecule has 1 aliphatic rings. The van der Waals surface area contributed by atoms with Crippen LogP contribution in [-0.2, 0) is 4.79 Å². The van der Waals surface area contributed by atoms with Gasteiger partial charge in [0.05, 0.1) is 0 Å². The number of hydrogen-bond donors (Lipinski definition) is 1. The van der Waals surface area contributed by atoms with Crippen molar-refractivity contribution in [3.63, 3.8) is 0 Å². The summed E-state index contributed by atoms with van der Waals surface area (Å²) in [5.41, 5.74) is -0.379. The number of amides is 1. The van der Waals surface area contributed by atoms with E-state index < -0.39 is 18.0 Å². The van der Waals surface area contributed by atoms with Crippen molar-refractivity contribution in [3.8, 4) is 0 Å². The van der Waals surface area contributed by atoms with Crippen LogP contribution >= 0.6 is 0 Å². The van der Waals surface area contributed by atoms with Crippen LogP contribution in [-0.4, -0.2) is 24.6 Å². The highest BCUT2D eigenvalue weighted by molar-refractivity contribution is 5.84. The second-order valence-electron chi connectivity index (χ2n) is 5.13. The van der Waals surface area contributed by atoms with E-state index >= 15 is 0 Å². The average Bonchev–Trinajstić information content (AvgIpc) is 2.25. The predicted molar refractivity (Wildman–Crippen MR) is 55.2 cm³/mol. The molecule has 1 fully saturated rings. The van der Waals surface area contributed by atoms with Crippen molar-refractivity contribution < 1.29 is 26.7 Å². The van der Waals surface area contributed by atoms with Crippen LogP contribution in [0, 0.1) is 5.41 Å². The first-order valence-electron chi connectivity index (χ1n) is 5.81. The summed E-state index contributed by atoms with van der Waals surface area (Å²) in [4.78, 5) is 10.9. The molecule has 0 aromatic carbocycles. The van der Waals surface area contributed by atoms with E-state index in [9.17, 15) is 26.7 Å². The summed E-state index contributed by atoms with van der Waals surface area (Å²) in [6, 6.07) is 0. The third kappa shape index (κ3) is 3.32. The van der Waals surface area contributed by atoms with Crippen molar-refractivity contribution >= 4 is 5.91 Å². The van der Waals surface area contributed by atoms with Gasteiger partial charge in [0.25, 0.3) is 5.91 Å². The number of hydrogen-bond acceptors (Lipinski definition) is 1. The Morgan fingerprint density at radius 2 is 1.61 bits per heavy atom. The van der Waals surface area contributed by atoms with Gasteiger partial charge in [0.15, 0.2) is 0 Å². The molecule has 0 saturated heterocycles. The quantitative estimate of drug-likeness (QED) is 0.786. The maximum atomic E-state index is 12.7. The molecule has 0 heterocycles. The molecule has 0 aromatic heterocycles. The molecule has 2 nitrogen and oxygen atoms in total. The molecule has 0 radical (unpaired) electrons. The molecule has 1 rings (SSSR count). The van der Waals surface area contributed by atoms with E-state index in [0.717, 1.165) is 32.1 Å². The summed E-state index contributed by atoms with van der Waals surface area (Å²) in [7, 11) is 0. The predicted octanol–water partition coefficient (Wildman–Crippen LogP) is 3.27.